The molecular weight excluding hydrogens is 172 g/mol. The van der Waals surface area contributed by atoms with Crippen molar-refractivity contribution in [1.82, 2.24) is 0 Å². The van der Waals surface area contributed by atoms with E-state index in [-0.39, 0.29) is 12.9 Å². The molecule has 0 aliphatic rings. The van der Waals surface area contributed by atoms with E-state index < -0.39 is 11.8 Å². The van der Waals surface area contributed by atoms with Crippen LogP contribution in [0.1, 0.15) is 34.6 Å². The Morgan fingerprint density at radius 3 is 2.23 bits per heavy atom. The maximum absolute atomic E-state index is 10.9. The quantitative estimate of drug-likeness (QED) is 0.506. The number of hydrogen-bond donors (Lipinski definition) is 0. The van der Waals surface area contributed by atoms with E-state index >= 15 is 0 Å². The van der Waals surface area contributed by atoms with Crippen LogP contribution < -0.4 is 0 Å². The molecule has 0 fully saturated rings. The molecule has 0 aromatic carbocycles. The van der Waals surface area contributed by atoms with Crippen molar-refractivity contribution in [3.8, 4) is 0 Å². The second kappa shape index (κ2) is 5.07. The van der Waals surface area contributed by atoms with Crippen LogP contribution in [-0.4, -0.2) is 24.7 Å². The molecule has 0 aromatic rings. The fourth-order valence-electron chi connectivity index (χ4n) is 0.498. The first-order valence-corrected chi connectivity index (χ1v) is 4.28. The van der Waals surface area contributed by atoms with Crippen molar-refractivity contribution in [3.05, 3.63) is 0 Å². The fraction of sp³-hybridized carbons (Fsp3) is 0.889. The molecular formula is C9H18O4. The molecule has 0 radical (unpaired) electrons. The summed E-state index contributed by atoms with van der Waals surface area (Å²) >= 11 is 0. The third-order valence-corrected chi connectivity index (χ3v) is 0.968. The lowest BCUT2D eigenvalue weighted by Gasteiger charge is -2.18. The second-order valence-electron chi connectivity index (χ2n) is 3.94. The van der Waals surface area contributed by atoms with Gasteiger partial charge in [-0.3, -0.25) is 0 Å². The van der Waals surface area contributed by atoms with E-state index in [0.717, 1.165) is 0 Å². The predicted molar refractivity (Wildman–Crippen MR) is 48.4 cm³/mol. The lowest BCUT2D eigenvalue weighted by molar-refractivity contribution is -0.0833. The summed E-state index contributed by atoms with van der Waals surface area (Å²) in [7, 11) is 0. The third-order valence-electron chi connectivity index (χ3n) is 0.968. The SMILES string of the molecule is CC(C)OCOC(=O)OC(C)(C)C. The third kappa shape index (κ3) is 9.14. The van der Waals surface area contributed by atoms with Gasteiger partial charge in [0.1, 0.15) is 5.60 Å². The van der Waals surface area contributed by atoms with Gasteiger partial charge in [-0.05, 0) is 34.6 Å². The molecule has 0 aliphatic heterocycles. The van der Waals surface area contributed by atoms with Crippen LogP contribution in [0.3, 0.4) is 0 Å². The minimum absolute atomic E-state index is 0.0439. The summed E-state index contributed by atoms with van der Waals surface area (Å²) in [5, 5.41) is 0. The molecule has 0 saturated carbocycles. The molecule has 4 heteroatoms. The first-order valence-electron chi connectivity index (χ1n) is 4.28. The monoisotopic (exact) mass is 190 g/mol. The average molecular weight is 190 g/mol. The number of carbonyl (C=O) groups is 1. The molecule has 0 atom stereocenters. The Kier molecular flexibility index (Phi) is 4.77. The van der Waals surface area contributed by atoms with Crippen LogP contribution in [0.25, 0.3) is 0 Å². The van der Waals surface area contributed by atoms with Gasteiger partial charge in [0.25, 0.3) is 0 Å². The molecule has 13 heavy (non-hydrogen) atoms. The predicted octanol–water partition coefficient (Wildman–Crippen LogP) is 2.32. The van der Waals surface area contributed by atoms with Crippen LogP contribution in [0.4, 0.5) is 4.79 Å². The van der Waals surface area contributed by atoms with Crippen LogP contribution >= 0.6 is 0 Å². The number of carbonyl (C=O) groups excluding carboxylic acids is 1. The van der Waals surface area contributed by atoms with Crippen LogP contribution in [-0.2, 0) is 14.2 Å². The molecule has 0 spiro atoms. The molecule has 0 amide bonds. The summed E-state index contributed by atoms with van der Waals surface area (Å²) in [6.45, 7) is 8.98. The zero-order valence-corrected chi connectivity index (χ0v) is 8.92. The highest BCUT2D eigenvalue weighted by Crippen LogP contribution is 2.07. The highest BCUT2D eigenvalue weighted by atomic mass is 16.8. The molecule has 0 heterocycles. The number of ether oxygens (including phenoxy) is 3. The largest absolute Gasteiger partial charge is 0.510 e. The number of hydrogen-bond acceptors (Lipinski definition) is 4. The topological polar surface area (TPSA) is 44.8 Å². The molecule has 0 bridgehead atoms. The normalized spacial score (nSPS) is 11.5. The summed E-state index contributed by atoms with van der Waals surface area (Å²) in [4.78, 5) is 10.9. The van der Waals surface area contributed by atoms with Crippen LogP contribution in [0.5, 0.6) is 0 Å². The lowest BCUT2D eigenvalue weighted by atomic mass is 10.2. The molecule has 0 aromatic heterocycles. The molecule has 0 saturated heterocycles. The molecule has 4 nitrogen and oxygen atoms in total. The summed E-state index contributed by atoms with van der Waals surface area (Å²) in [6, 6.07) is 0. The van der Waals surface area contributed by atoms with Crippen LogP contribution in [0.2, 0.25) is 0 Å². The Labute approximate surface area is 79.2 Å². The summed E-state index contributed by atoms with van der Waals surface area (Å²) in [5.41, 5.74) is -0.519. The molecule has 0 rings (SSSR count). The minimum Gasteiger partial charge on any atom is -0.429 e. The van der Waals surface area contributed by atoms with Crippen molar-refractivity contribution < 1.29 is 19.0 Å². The van der Waals surface area contributed by atoms with E-state index in [2.05, 4.69) is 4.74 Å². The van der Waals surface area contributed by atoms with Gasteiger partial charge in [-0.25, -0.2) is 4.79 Å². The van der Waals surface area contributed by atoms with Gasteiger partial charge in [0.15, 0.2) is 6.79 Å². The first-order chi connectivity index (χ1) is 5.81. The Morgan fingerprint density at radius 1 is 1.31 bits per heavy atom. The molecule has 0 unspecified atom stereocenters. The maximum Gasteiger partial charge on any atom is 0.510 e. The molecule has 0 aliphatic carbocycles. The van der Waals surface area contributed by atoms with Crippen molar-refractivity contribution in [3.63, 3.8) is 0 Å². The Hall–Kier alpha value is -0.770. The average Bonchev–Trinajstić information content (AvgIpc) is 1.81. The van der Waals surface area contributed by atoms with Gasteiger partial charge in [0.2, 0.25) is 0 Å². The van der Waals surface area contributed by atoms with Gasteiger partial charge in [0, 0.05) is 0 Å². The van der Waals surface area contributed by atoms with Gasteiger partial charge < -0.3 is 14.2 Å². The van der Waals surface area contributed by atoms with E-state index in [1.807, 2.05) is 13.8 Å². The smallest absolute Gasteiger partial charge is 0.429 e. The highest BCUT2D eigenvalue weighted by Gasteiger charge is 2.17. The van der Waals surface area contributed by atoms with E-state index in [4.69, 9.17) is 9.47 Å². The van der Waals surface area contributed by atoms with Gasteiger partial charge in [0.05, 0.1) is 6.10 Å². The van der Waals surface area contributed by atoms with Crippen molar-refractivity contribution in [2.75, 3.05) is 6.79 Å². The van der Waals surface area contributed by atoms with Crippen LogP contribution in [0.15, 0.2) is 0 Å². The van der Waals surface area contributed by atoms with Gasteiger partial charge in [-0.1, -0.05) is 0 Å². The van der Waals surface area contributed by atoms with E-state index in [1.165, 1.54) is 0 Å². The van der Waals surface area contributed by atoms with Gasteiger partial charge >= 0.3 is 6.16 Å². The summed E-state index contributed by atoms with van der Waals surface area (Å²) in [5.74, 6) is 0. The number of rotatable bonds is 3. The van der Waals surface area contributed by atoms with Gasteiger partial charge in [-0.15, -0.1) is 0 Å². The Bertz CT molecular complexity index is 157. The Morgan fingerprint density at radius 2 is 1.85 bits per heavy atom. The zero-order chi connectivity index (χ0) is 10.5. The first kappa shape index (κ1) is 12.2. The highest BCUT2D eigenvalue weighted by molar-refractivity contribution is 5.60. The van der Waals surface area contributed by atoms with Crippen molar-refractivity contribution in [2.24, 2.45) is 0 Å². The van der Waals surface area contributed by atoms with Crippen molar-refractivity contribution >= 4 is 6.16 Å². The minimum atomic E-state index is -0.701. The lowest BCUT2D eigenvalue weighted by Crippen LogP contribution is -2.25. The molecule has 78 valence electrons. The van der Waals surface area contributed by atoms with E-state index in [9.17, 15) is 4.79 Å². The summed E-state index contributed by atoms with van der Waals surface area (Å²) in [6.07, 6.45) is -0.657. The second-order valence-corrected chi connectivity index (χ2v) is 3.94. The maximum atomic E-state index is 10.9. The van der Waals surface area contributed by atoms with Crippen molar-refractivity contribution in [1.29, 1.82) is 0 Å². The Balaban J connectivity index is 3.53. The van der Waals surface area contributed by atoms with E-state index in [0.29, 0.717) is 0 Å². The van der Waals surface area contributed by atoms with Gasteiger partial charge in [-0.2, -0.15) is 0 Å². The van der Waals surface area contributed by atoms with Crippen molar-refractivity contribution in [2.45, 2.75) is 46.3 Å². The zero-order valence-electron chi connectivity index (χ0n) is 8.92. The molecule has 0 N–H and O–H groups in total. The summed E-state index contributed by atoms with van der Waals surface area (Å²) < 4.78 is 14.5. The van der Waals surface area contributed by atoms with E-state index in [1.54, 1.807) is 20.8 Å². The van der Waals surface area contributed by atoms with Crippen LogP contribution in [0, 0.1) is 0 Å². The fourth-order valence-corrected chi connectivity index (χ4v) is 0.498. The standard InChI is InChI=1S/C9H18O4/c1-7(2)11-6-12-8(10)13-9(3,4)5/h7H,6H2,1-5H3.